The van der Waals surface area contributed by atoms with Crippen molar-refractivity contribution in [1.82, 2.24) is 20.3 Å². The number of thiophene rings is 1. The molecule has 4 nitrogen and oxygen atoms in total. The average molecular weight is 290 g/mol. The van der Waals surface area contributed by atoms with E-state index in [0.717, 1.165) is 25.1 Å². The van der Waals surface area contributed by atoms with Crippen molar-refractivity contribution in [1.29, 1.82) is 0 Å². The van der Waals surface area contributed by atoms with Gasteiger partial charge in [-0.25, -0.2) is 0 Å². The maximum absolute atomic E-state index is 4.23. The van der Waals surface area contributed by atoms with E-state index < -0.39 is 0 Å². The molecule has 0 radical (unpaired) electrons. The van der Waals surface area contributed by atoms with Crippen LogP contribution in [0, 0.1) is 0 Å². The monoisotopic (exact) mass is 290 g/mol. The zero-order valence-electron chi connectivity index (χ0n) is 12.2. The summed E-state index contributed by atoms with van der Waals surface area (Å²) in [6, 6.07) is 2.79. The van der Waals surface area contributed by atoms with Crippen molar-refractivity contribution in [2.45, 2.75) is 45.1 Å². The fraction of sp³-hybridized carbons (Fsp3) is 0.600. The van der Waals surface area contributed by atoms with Crippen LogP contribution < -0.4 is 5.32 Å². The second kappa shape index (κ2) is 6.06. The minimum Gasteiger partial charge on any atom is -0.309 e. The Morgan fingerprint density at radius 2 is 2.35 bits per heavy atom. The van der Waals surface area contributed by atoms with Gasteiger partial charge in [-0.1, -0.05) is 12.1 Å². The Morgan fingerprint density at radius 1 is 1.45 bits per heavy atom. The Hall–Kier alpha value is -1.20. The molecular formula is C15H22N4S. The molecule has 2 aromatic rings. The molecule has 0 amide bonds. The molecule has 1 atom stereocenters. The maximum atomic E-state index is 4.23. The lowest BCUT2D eigenvalue weighted by Crippen LogP contribution is -2.23. The standard InChI is InChI=1S/C15H22N4S/c1-3-7-16-13(9-12-10-19(2)18-17-12)15-8-11-5-4-6-14(11)20-15/h8,10,13,16H,3-7,9H2,1-2H3. The molecule has 0 saturated carbocycles. The quantitative estimate of drug-likeness (QED) is 0.889. The number of hydrogen-bond donors (Lipinski definition) is 1. The van der Waals surface area contributed by atoms with Gasteiger partial charge in [-0.05, 0) is 43.9 Å². The van der Waals surface area contributed by atoms with Crippen LogP contribution in [-0.4, -0.2) is 21.5 Å². The molecule has 1 aliphatic carbocycles. The van der Waals surface area contributed by atoms with Crippen LogP contribution in [0.4, 0.5) is 0 Å². The number of fused-ring (bicyclic) bond motifs is 1. The SMILES string of the molecule is CCCNC(Cc1cn(C)nn1)c1cc2c(s1)CCC2. The third-order valence-electron chi connectivity index (χ3n) is 3.81. The largest absolute Gasteiger partial charge is 0.309 e. The Balaban J connectivity index is 1.77. The second-order valence-electron chi connectivity index (χ2n) is 5.55. The fourth-order valence-corrected chi connectivity index (χ4v) is 4.15. The molecule has 0 fully saturated rings. The van der Waals surface area contributed by atoms with Gasteiger partial charge in [0.15, 0.2) is 0 Å². The molecule has 0 aromatic carbocycles. The van der Waals surface area contributed by atoms with E-state index >= 15 is 0 Å². The highest BCUT2D eigenvalue weighted by molar-refractivity contribution is 7.12. The smallest absolute Gasteiger partial charge is 0.0846 e. The Bertz CT molecular complexity index is 551. The van der Waals surface area contributed by atoms with Gasteiger partial charge in [-0.3, -0.25) is 4.68 Å². The normalized spacial score (nSPS) is 15.5. The van der Waals surface area contributed by atoms with Crippen molar-refractivity contribution in [3.05, 3.63) is 33.3 Å². The molecule has 1 unspecified atom stereocenters. The fourth-order valence-electron chi connectivity index (χ4n) is 2.81. The lowest BCUT2D eigenvalue weighted by Gasteiger charge is -2.15. The van der Waals surface area contributed by atoms with E-state index in [1.165, 1.54) is 24.1 Å². The van der Waals surface area contributed by atoms with Crippen LogP contribution in [-0.2, 0) is 26.3 Å². The highest BCUT2D eigenvalue weighted by atomic mass is 32.1. The third kappa shape index (κ3) is 2.94. The van der Waals surface area contributed by atoms with Crippen LogP contribution in [0.25, 0.3) is 0 Å². The number of rotatable bonds is 6. The van der Waals surface area contributed by atoms with Gasteiger partial charge in [0.1, 0.15) is 0 Å². The molecule has 1 N–H and O–H groups in total. The molecule has 3 rings (SSSR count). The first kappa shape index (κ1) is 13.8. The zero-order valence-corrected chi connectivity index (χ0v) is 13.0. The number of hydrogen-bond acceptors (Lipinski definition) is 4. The Kier molecular flexibility index (Phi) is 4.17. The summed E-state index contributed by atoms with van der Waals surface area (Å²) in [5.74, 6) is 0. The highest BCUT2D eigenvalue weighted by Crippen LogP contribution is 2.34. The average Bonchev–Trinajstić information content (AvgIpc) is 3.09. The lowest BCUT2D eigenvalue weighted by molar-refractivity contribution is 0.531. The van der Waals surface area contributed by atoms with Gasteiger partial charge in [0.25, 0.3) is 0 Å². The summed E-state index contributed by atoms with van der Waals surface area (Å²) in [6.45, 7) is 3.26. The first-order valence-electron chi connectivity index (χ1n) is 7.46. The van der Waals surface area contributed by atoms with Crippen LogP contribution in [0.15, 0.2) is 12.3 Å². The van der Waals surface area contributed by atoms with E-state index in [9.17, 15) is 0 Å². The molecule has 2 heterocycles. The van der Waals surface area contributed by atoms with Gasteiger partial charge >= 0.3 is 0 Å². The summed E-state index contributed by atoms with van der Waals surface area (Å²) in [5, 5.41) is 11.9. The highest BCUT2D eigenvalue weighted by Gasteiger charge is 2.21. The number of aromatic nitrogens is 3. The van der Waals surface area contributed by atoms with Gasteiger partial charge in [0.05, 0.1) is 5.69 Å². The van der Waals surface area contributed by atoms with E-state index in [4.69, 9.17) is 0 Å². The molecular weight excluding hydrogens is 268 g/mol. The van der Waals surface area contributed by atoms with Crippen LogP contribution in [0.5, 0.6) is 0 Å². The van der Waals surface area contributed by atoms with E-state index in [2.05, 4.69) is 28.6 Å². The van der Waals surface area contributed by atoms with Crippen molar-refractivity contribution in [3.8, 4) is 0 Å². The molecule has 108 valence electrons. The summed E-state index contributed by atoms with van der Waals surface area (Å²) in [5.41, 5.74) is 2.64. The van der Waals surface area contributed by atoms with Crippen molar-refractivity contribution < 1.29 is 0 Å². The molecule has 2 aromatic heterocycles. The number of nitrogens with zero attached hydrogens (tertiary/aromatic N) is 3. The van der Waals surface area contributed by atoms with Crippen LogP contribution in [0.3, 0.4) is 0 Å². The van der Waals surface area contributed by atoms with E-state index in [1.54, 1.807) is 15.1 Å². The third-order valence-corrected chi connectivity index (χ3v) is 5.16. The minimum absolute atomic E-state index is 0.377. The van der Waals surface area contributed by atoms with Gasteiger partial charge in [0.2, 0.25) is 0 Å². The molecule has 1 aliphatic rings. The van der Waals surface area contributed by atoms with E-state index in [-0.39, 0.29) is 0 Å². The van der Waals surface area contributed by atoms with Gasteiger partial charge < -0.3 is 5.32 Å². The van der Waals surface area contributed by atoms with Crippen LogP contribution in [0.2, 0.25) is 0 Å². The number of nitrogens with one attached hydrogen (secondary N) is 1. The summed E-state index contributed by atoms with van der Waals surface area (Å²) >= 11 is 1.99. The second-order valence-corrected chi connectivity index (χ2v) is 6.71. The Labute approximate surface area is 124 Å². The summed E-state index contributed by atoms with van der Waals surface area (Å²) in [7, 11) is 1.92. The minimum atomic E-state index is 0.377. The molecule has 0 aliphatic heterocycles. The van der Waals surface area contributed by atoms with Gasteiger partial charge in [-0.2, -0.15) is 0 Å². The first-order chi connectivity index (χ1) is 9.76. The summed E-state index contributed by atoms with van der Waals surface area (Å²) in [6.07, 6.45) is 7.96. The van der Waals surface area contributed by atoms with Crippen molar-refractivity contribution in [3.63, 3.8) is 0 Å². The molecule has 0 saturated heterocycles. The van der Waals surface area contributed by atoms with Crippen LogP contribution >= 0.6 is 11.3 Å². The van der Waals surface area contributed by atoms with Gasteiger partial charge in [0, 0.05) is 35.5 Å². The summed E-state index contributed by atoms with van der Waals surface area (Å²) < 4.78 is 1.78. The lowest BCUT2D eigenvalue weighted by atomic mass is 10.1. The first-order valence-corrected chi connectivity index (χ1v) is 8.28. The zero-order chi connectivity index (χ0) is 13.9. The number of aryl methyl sites for hydroxylation is 3. The summed E-state index contributed by atoms with van der Waals surface area (Å²) in [4.78, 5) is 3.07. The maximum Gasteiger partial charge on any atom is 0.0846 e. The van der Waals surface area contributed by atoms with Gasteiger partial charge in [-0.15, -0.1) is 16.4 Å². The topological polar surface area (TPSA) is 42.7 Å². The van der Waals surface area contributed by atoms with Crippen molar-refractivity contribution in [2.75, 3.05) is 6.54 Å². The predicted octanol–water partition coefficient (Wildman–Crippen LogP) is 2.65. The molecule has 5 heteroatoms. The Morgan fingerprint density at radius 3 is 3.05 bits per heavy atom. The van der Waals surface area contributed by atoms with Crippen LogP contribution in [0.1, 0.15) is 46.8 Å². The van der Waals surface area contributed by atoms with E-state index in [0.29, 0.717) is 6.04 Å². The predicted molar refractivity (Wildman–Crippen MR) is 82.1 cm³/mol. The molecule has 20 heavy (non-hydrogen) atoms. The molecule has 0 bridgehead atoms. The van der Waals surface area contributed by atoms with E-state index in [1.807, 2.05) is 24.6 Å². The van der Waals surface area contributed by atoms with Crippen molar-refractivity contribution in [2.24, 2.45) is 7.05 Å². The molecule has 0 spiro atoms. The van der Waals surface area contributed by atoms with Crippen molar-refractivity contribution >= 4 is 11.3 Å².